The van der Waals surface area contributed by atoms with Crippen molar-refractivity contribution in [2.24, 2.45) is 7.05 Å². The zero-order valence-corrected chi connectivity index (χ0v) is 7.75. The predicted octanol–water partition coefficient (Wildman–Crippen LogP) is 1.63. The molecule has 0 amide bonds. The van der Waals surface area contributed by atoms with E-state index in [9.17, 15) is 8.78 Å². The van der Waals surface area contributed by atoms with Crippen LogP contribution >= 0.6 is 22.6 Å². The largest absolute Gasteiger partial charge is 0.416 e. The minimum Gasteiger partial charge on any atom is -0.416 e. The van der Waals surface area contributed by atoms with Gasteiger partial charge in [0.25, 0.3) is 0 Å². The van der Waals surface area contributed by atoms with E-state index in [4.69, 9.17) is 0 Å². The van der Waals surface area contributed by atoms with Crippen LogP contribution in [-0.4, -0.2) is 16.4 Å². The van der Waals surface area contributed by atoms with Crippen LogP contribution < -0.4 is 4.74 Å². The summed E-state index contributed by atoms with van der Waals surface area (Å²) in [5.41, 5.74) is 0. The predicted molar refractivity (Wildman–Crippen MR) is 42.6 cm³/mol. The fourth-order valence-electron chi connectivity index (χ4n) is 0.616. The third kappa shape index (κ3) is 2.01. The van der Waals surface area contributed by atoms with Crippen molar-refractivity contribution in [3.05, 3.63) is 9.77 Å². The molecule has 0 aliphatic carbocycles. The Kier molecular flexibility index (Phi) is 2.63. The summed E-state index contributed by atoms with van der Waals surface area (Å²) in [6, 6.07) is 0. The van der Waals surface area contributed by atoms with Crippen molar-refractivity contribution in [3.63, 3.8) is 0 Å². The van der Waals surface area contributed by atoms with E-state index in [-0.39, 0.29) is 5.88 Å². The maximum atomic E-state index is 11.7. The second kappa shape index (κ2) is 3.33. The average Bonchev–Trinajstić information content (AvgIpc) is 2.18. The van der Waals surface area contributed by atoms with Crippen molar-refractivity contribution >= 4 is 22.6 Å². The number of halogens is 3. The minimum atomic E-state index is -2.79. The highest BCUT2D eigenvalue weighted by Gasteiger charge is 2.11. The van der Waals surface area contributed by atoms with Gasteiger partial charge in [-0.3, -0.25) is 0 Å². The quantitative estimate of drug-likeness (QED) is 0.766. The zero-order valence-electron chi connectivity index (χ0n) is 5.59. The van der Waals surface area contributed by atoms with Gasteiger partial charge in [0, 0.05) is 7.05 Å². The van der Waals surface area contributed by atoms with Gasteiger partial charge in [0.05, 0.1) is 9.77 Å². The van der Waals surface area contributed by atoms with Gasteiger partial charge in [-0.15, -0.1) is 0 Å². The van der Waals surface area contributed by atoms with Crippen LogP contribution in [0.5, 0.6) is 5.88 Å². The first kappa shape index (κ1) is 8.69. The molecule has 1 aromatic rings. The van der Waals surface area contributed by atoms with E-state index in [2.05, 4.69) is 9.84 Å². The molecule has 11 heavy (non-hydrogen) atoms. The Labute approximate surface area is 75.5 Å². The number of aryl methyl sites for hydroxylation is 1. The maximum absolute atomic E-state index is 11.7. The Bertz CT molecular complexity index is 231. The molecule has 1 heterocycles. The van der Waals surface area contributed by atoms with Crippen LogP contribution in [0.2, 0.25) is 0 Å². The van der Waals surface area contributed by atoms with Crippen molar-refractivity contribution in [1.29, 1.82) is 0 Å². The fraction of sp³-hybridized carbons (Fsp3) is 0.400. The highest BCUT2D eigenvalue weighted by molar-refractivity contribution is 14.1. The number of hydrogen-bond acceptors (Lipinski definition) is 2. The van der Waals surface area contributed by atoms with E-state index in [1.165, 1.54) is 10.9 Å². The minimum absolute atomic E-state index is 0.0978. The van der Waals surface area contributed by atoms with Crippen LogP contribution in [0.4, 0.5) is 8.78 Å². The van der Waals surface area contributed by atoms with Crippen LogP contribution in [0.3, 0.4) is 0 Å². The Morgan fingerprint density at radius 1 is 1.73 bits per heavy atom. The molecular weight excluding hydrogens is 269 g/mol. The summed E-state index contributed by atoms with van der Waals surface area (Å²) in [6.45, 7) is -2.79. The summed E-state index contributed by atoms with van der Waals surface area (Å²) >= 11 is 1.87. The molecule has 0 saturated carbocycles. The van der Waals surface area contributed by atoms with E-state index in [1.807, 2.05) is 22.6 Å². The van der Waals surface area contributed by atoms with Crippen LogP contribution in [0.1, 0.15) is 0 Å². The number of hydrogen-bond donors (Lipinski definition) is 0. The summed E-state index contributed by atoms with van der Waals surface area (Å²) in [5.74, 6) is 0.0978. The molecule has 0 unspecified atom stereocenters. The molecule has 3 nitrogen and oxygen atoms in total. The second-order valence-electron chi connectivity index (χ2n) is 1.80. The van der Waals surface area contributed by atoms with Gasteiger partial charge in [0.2, 0.25) is 5.88 Å². The van der Waals surface area contributed by atoms with E-state index >= 15 is 0 Å². The smallest absolute Gasteiger partial charge is 0.388 e. The van der Waals surface area contributed by atoms with Gasteiger partial charge in [-0.25, -0.2) is 4.68 Å². The van der Waals surface area contributed by atoms with E-state index in [1.54, 1.807) is 7.05 Å². The SMILES string of the molecule is Cn1ncc(I)c1OC(F)F. The van der Waals surface area contributed by atoms with Crippen LogP contribution in [0, 0.1) is 3.57 Å². The molecule has 0 saturated heterocycles. The molecule has 62 valence electrons. The van der Waals surface area contributed by atoms with Crippen LogP contribution in [0.15, 0.2) is 6.20 Å². The number of rotatable bonds is 2. The standard InChI is InChI=1S/C5H5F2IN2O/c1-10-4(11-5(6)7)3(8)2-9-10/h2,5H,1H3. The normalized spacial score (nSPS) is 10.6. The van der Waals surface area contributed by atoms with E-state index in [0.29, 0.717) is 3.57 Å². The summed E-state index contributed by atoms with van der Waals surface area (Å²) in [5, 5.41) is 3.72. The molecule has 0 fully saturated rings. The van der Waals surface area contributed by atoms with Crippen molar-refractivity contribution in [3.8, 4) is 5.88 Å². The molecule has 6 heteroatoms. The topological polar surface area (TPSA) is 27.1 Å². The Morgan fingerprint density at radius 2 is 2.36 bits per heavy atom. The van der Waals surface area contributed by atoms with Gasteiger partial charge >= 0.3 is 6.61 Å². The first-order valence-electron chi connectivity index (χ1n) is 2.73. The lowest BCUT2D eigenvalue weighted by Gasteiger charge is -2.03. The Hall–Kier alpha value is -0.400. The number of ether oxygens (including phenoxy) is 1. The monoisotopic (exact) mass is 274 g/mol. The summed E-state index contributed by atoms with van der Waals surface area (Å²) in [6.07, 6.45) is 1.46. The molecule has 0 radical (unpaired) electrons. The number of aromatic nitrogens is 2. The molecule has 1 rings (SSSR count). The molecule has 0 atom stereocenters. The number of nitrogens with zero attached hydrogens (tertiary/aromatic N) is 2. The second-order valence-corrected chi connectivity index (χ2v) is 2.96. The van der Waals surface area contributed by atoms with Crippen molar-refractivity contribution < 1.29 is 13.5 Å². The molecule has 0 bridgehead atoms. The third-order valence-electron chi connectivity index (χ3n) is 1.04. The van der Waals surface area contributed by atoms with E-state index in [0.717, 1.165) is 0 Å². The molecule has 0 aliphatic heterocycles. The maximum Gasteiger partial charge on any atom is 0.388 e. The van der Waals surface area contributed by atoms with Gasteiger partial charge < -0.3 is 4.74 Å². The highest BCUT2D eigenvalue weighted by atomic mass is 127. The highest BCUT2D eigenvalue weighted by Crippen LogP contribution is 2.20. The third-order valence-corrected chi connectivity index (χ3v) is 1.78. The Balaban J connectivity index is 2.83. The molecule has 0 aliphatic rings. The molecule has 0 N–H and O–H groups in total. The van der Waals surface area contributed by atoms with Crippen LogP contribution in [-0.2, 0) is 7.05 Å². The van der Waals surface area contributed by atoms with Gasteiger partial charge in [0.15, 0.2) is 0 Å². The fourth-order valence-corrected chi connectivity index (χ4v) is 1.22. The lowest BCUT2D eigenvalue weighted by Crippen LogP contribution is -2.06. The van der Waals surface area contributed by atoms with Crippen LogP contribution in [0.25, 0.3) is 0 Å². The first-order valence-corrected chi connectivity index (χ1v) is 3.81. The van der Waals surface area contributed by atoms with Crippen molar-refractivity contribution in [1.82, 2.24) is 9.78 Å². The molecule has 0 spiro atoms. The van der Waals surface area contributed by atoms with Gasteiger partial charge in [0.1, 0.15) is 0 Å². The summed E-state index contributed by atoms with van der Waals surface area (Å²) in [7, 11) is 1.54. The zero-order chi connectivity index (χ0) is 8.43. The Morgan fingerprint density at radius 3 is 2.73 bits per heavy atom. The summed E-state index contributed by atoms with van der Waals surface area (Å²) in [4.78, 5) is 0. The molecular formula is C5H5F2IN2O. The van der Waals surface area contributed by atoms with Gasteiger partial charge in [-0.1, -0.05) is 0 Å². The average molecular weight is 274 g/mol. The lowest BCUT2D eigenvalue weighted by atomic mass is 10.7. The number of alkyl halides is 2. The molecule has 0 aromatic carbocycles. The van der Waals surface area contributed by atoms with Gasteiger partial charge in [-0.05, 0) is 22.6 Å². The van der Waals surface area contributed by atoms with Crippen molar-refractivity contribution in [2.75, 3.05) is 0 Å². The van der Waals surface area contributed by atoms with Gasteiger partial charge in [-0.2, -0.15) is 13.9 Å². The lowest BCUT2D eigenvalue weighted by molar-refractivity contribution is -0.0558. The first-order chi connectivity index (χ1) is 5.11. The summed E-state index contributed by atoms with van der Waals surface area (Å²) < 4.78 is 29.4. The van der Waals surface area contributed by atoms with Crippen molar-refractivity contribution in [2.45, 2.75) is 6.61 Å². The van der Waals surface area contributed by atoms with E-state index < -0.39 is 6.61 Å². The molecule has 1 aromatic heterocycles.